The molecule has 2 fully saturated rings. The Morgan fingerprint density at radius 2 is 2.00 bits per heavy atom. The normalized spacial score (nSPS) is 27.3. The van der Waals surface area contributed by atoms with Crippen molar-refractivity contribution in [3.8, 4) is 0 Å². The van der Waals surface area contributed by atoms with Crippen LogP contribution >= 0.6 is 0 Å². The van der Waals surface area contributed by atoms with E-state index < -0.39 is 0 Å². The Bertz CT molecular complexity index is 689. The molecule has 0 aromatic carbocycles. The minimum Gasteiger partial charge on any atom is -0.338 e. The minimum atomic E-state index is -0.339. The molecule has 3 unspecified atom stereocenters. The third kappa shape index (κ3) is 2.80. The Labute approximate surface area is 136 Å². The van der Waals surface area contributed by atoms with Gasteiger partial charge in [-0.2, -0.15) is 0 Å². The molecule has 3 atom stereocenters. The summed E-state index contributed by atoms with van der Waals surface area (Å²) in [6, 6.07) is 0.179. The van der Waals surface area contributed by atoms with Gasteiger partial charge in [0.25, 0.3) is 11.5 Å². The molecule has 1 aromatic rings. The summed E-state index contributed by atoms with van der Waals surface area (Å²) in [4.78, 5) is 34.3. The first-order chi connectivity index (χ1) is 10.7. The fourth-order valence-electron chi connectivity index (χ4n) is 3.82. The molecule has 3 rings (SSSR count). The number of H-pyrrole nitrogens is 1. The lowest BCUT2D eigenvalue weighted by Crippen LogP contribution is -2.37. The molecule has 2 aliphatic rings. The maximum Gasteiger partial charge on any atom is 0.264 e. The Balaban J connectivity index is 1.88. The lowest BCUT2D eigenvalue weighted by Gasteiger charge is -2.21. The highest BCUT2D eigenvalue weighted by atomic mass is 16.2. The van der Waals surface area contributed by atoms with Crippen LogP contribution in [0.5, 0.6) is 0 Å². The second-order valence-corrected chi connectivity index (χ2v) is 8.00. The first-order valence-electron chi connectivity index (χ1n) is 8.34. The Kier molecular flexibility index (Phi) is 3.83. The zero-order chi connectivity index (χ0) is 16.9. The van der Waals surface area contributed by atoms with Gasteiger partial charge in [-0.05, 0) is 31.6 Å². The summed E-state index contributed by atoms with van der Waals surface area (Å²) in [6.45, 7) is 9.04. The average Bonchev–Trinajstić information content (AvgIpc) is 2.99. The van der Waals surface area contributed by atoms with E-state index in [-0.39, 0.29) is 28.5 Å². The first-order valence-corrected chi connectivity index (χ1v) is 8.34. The molecule has 1 amide bonds. The SMILES string of the molecule is Cc1nc(C(C)(C)C)[nH]c(=O)c1C(=O)N1CC2CCC(N)C2C1. The van der Waals surface area contributed by atoms with Crippen LogP contribution in [0.25, 0.3) is 0 Å². The summed E-state index contributed by atoms with van der Waals surface area (Å²) in [6.07, 6.45) is 2.12. The number of likely N-dealkylation sites (tertiary alicyclic amines) is 1. The third-order valence-corrected chi connectivity index (χ3v) is 5.22. The van der Waals surface area contributed by atoms with E-state index in [1.807, 2.05) is 20.8 Å². The monoisotopic (exact) mass is 318 g/mol. The molecule has 0 bridgehead atoms. The van der Waals surface area contributed by atoms with Crippen LogP contribution in [0.1, 0.15) is 55.5 Å². The zero-order valence-corrected chi connectivity index (χ0v) is 14.3. The van der Waals surface area contributed by atoms with Crippen LogP contribution in [0.2, 0.25) is 0 Å². The van der Waals surface area contributed by atoms with Crippen molar-refractivity contribution in [2.75, 3.05) is 13.1 Å². The topological polar surface area (TPSA) is 92.1 Å². The highest BCUT2D eigenvalue weighted by molar-refractivity contribution is 5.95. The number of amides is 1. The number of carbonyl (C=O) groups is 1. The number of nitrogens with zero attached hydrogens (tertiary/aromatic N) is 2. The van der Waals surface area contributed by atoms with Gasteiger partial charge in [0.15, 0.2) is 0 Å². The maximum absolute atomic E-state index is 12.8. The number of carbonyl (C=O) groups excluding carboxylic acids is 1. The highest BCUT2D eigenvalue weighted by Crippen LogP contribution is 2.37. The summed E-state index contributed by atoms with van der Waals surface area (Å²) in [7, 11) is 0. The second-order valence-electron chi connectivity index (χ2n) is 8.00. The van der Waals surface area contributed by atoms with E-state index in [2.05, 4.69) is 9.97 Å². The number of hydrogen-bond donors (Lipinski definition) is 2. The van der Waals surface area contributed by atoms with Crippen LogP contribution in [0.3, 0.4) is 0 Å². The van der Waals surface area contributed by atoms with E-state index >= 15 is 0 Å². The van der Waals surface area contributed by atoms with Crippen molar-refractivity contribution in [2.24, 2.45) is 17.6 Å². The number of nitrogens with one attached hydrogen (secondary N) is 1. The van der Waals surface area contributed by atoms with Gasteiger partial charge in [0.1, 0.15) is 11.4 Å². The van der Waals surface area contributed by atoms with E-state index in [9.17, 15) is 9.59 Å². The largest absolute Gasteiger partial charge is 0.338 e. The number of nitrogens with two attached hydrogens (primary N) is 1. The molecule has 23 heavy (non-hydrogen) atoms. The Morgan fingerprint density at radius 1 is 1.30 bits per heavy atom. The first kappa shape index (κ1) is 16.2. The van der Waals surface area contributed by atoms with Crippen LogP contribution in [0.15, 0.2) is 4.79 Å². The number of fused-ring (bicyclic) bond motifs is 1. The molecule has 6 nitrogen and oxygen atoms in total. The van der Waals surface area contributed by atoms with Gasteiger partial charge in [-0.3, -0.25) is 9.59 Å². The predicted molar refractivity (Wildman–Crippen MR) is 88.4 cm³/mol. The van der Waals surface area contributed by atoms with Gasteiger partial charge in [0.2, 0.25) is 0 Å². The smallest absolute Gasteiger partial charge is 0.264 e. The number of aromatic amines is 1. The van der Waals surface area contributed by atoms with Gasteiger partial charge in [-0.25, -0.2) is 4.98 Å². The third-order valence-electron chi connectivity index (χ3n) is 5.22. The summed E-state index contributed by atoms with van der Waals surface area (Å²) < 4.78 is 0. The second kappa shape index (κ2) is 5.44. The number of aromatic nitrogens is 2. The van der Waals surface area contributed by atoms with Crippen molar-refractivity contribution in [3.63, 3.8) is 0 Å². The summed E-state index contributed by atoms with van der Waals surface area (Å²) in [5, 5.41) is 0. The highest BCUT2D eigenvalue weighted by Gasteiger charge is 2.43. The van der Waals surface area contributed by atoms with Crippen molar-refractivity contribution in [2.45, 2.75) is 52.0 Å². The molecule has 1 aliphatic carbocycles. The van der Waals surface area contributed by atoms with Crippen molar-refractivity contribution >= 4 is 5.91 Å². The fourth-order valence-corrected chi connectivity index (χ4v) is 3.82. The Hall–Kier alpha value is -1.69. The van der Waals surface area contributed by atoms with Crippen LogP contribution < -0.4 is 11.3 Å². The molecule has 1 aromatic heterocycles. The standard InChI is InChI=1S/C17H26N4O2/c1-9-13(14(22)20-16(19-9)17(2,3)4)15(23)21-7-10-5-6-12(18)11(10)8-21/h10-12H,5-8,18H2,1-4H3,(H,19,20,22). The fraction of sp³-hybridized carbons (Fsp3) is 0.706. The van der Waals surface area contributed by atoms with Crippen LogP contribution in [0.4, 0.5) is 0 Å². The lowest BCUT2D eigenvalue weighted by molar-refractivity contribution is 0.0776. The predicted octanol–water partition coefficient (Wildman–Crippen LogP) is 1.19. The van der Waals surface area contributed by atoms with Gasteiger partial charge in [-0.1, -0.05) is 20.8 Å². The quantitative estimate of drug-likeness (QED) is 0.813. The molecule has 126 valence electrons. The van der Waals surface area contributed by atoms with Crippen molar-refractivity contribution in [3.05, 3.63) is 27.4 Å². The van der Waals surface area contributed by atoms with Gasteiger partial charge in [0, 0.05) is 24.5 Å². The van der Waals surface area contributed by atoms with Crippen LogP contribution in [-0.2, 0) is 5.41 Å². The van der Waals surface area contributed by atoms with E-state index in [1.165, 1.54) is 0 Å². The summed E-state index contributed by atoms with van der Waals surface area (Å²) in [5.41, 5.74) is 6.21. The number of rotatable bonds is 1. The van der Waals surface area contributed by atoms with Gasteiger partial charge in [0.05, 0.1) is 5.69 Å². The molecule has 6 heteroatoms. The van der Waals surface area contributed by atoms with E-state index in [1.54, 1.807) is 11.8 Å². The molecule has 1 saturated heterocycles. The van der Waals surface area contributed by atoms with Gasteiger partial charge >= 0.3 is 0 Å². The Morgan fingerprint density at radius 3 is 2.57 bits per heavy atom. The molecule has 1 saturated carbocycles. The molecule has 0 radical (unpaired) electrons. The maximum atomic E-state index is 12.8. The van der Waals surface area contributed by atoms with Crippen molar-refractivity contribution < 1.29 is 4.79 Å². The van der Waals surface area contributed by atoms with Crippen molar-refractivity contribution in [1.82, 2.24) is 14.9 Å². The molecular weight excluding hydrogens is 292 g/mol. The molecule has 1 aliphatic heterocycles. The van der Waals surface area contributed by atoms with E-state index in [4.69, 9.17) is 5.73 Å². The van der Waals surface area contributed by atoms with Gasteiger partial charge in [-0.15, -0.1) is 0 Å². The minimum absolute atomic E-state index is 0.173. The average molecular weight is 318 g/mol. The summed E-state index contributed by atoms with van der Waals surface area (Å²) >= 11 is 0. The molecule has 3 N–H and O–H groups in total. The van der Waals surface area contributed by atoms with Gasteiger partial charge < -0.3 is 15.6 Å². The molecule has 0 spiro atoms. The van der Waals surface area contributed by atoms with E-state index in [0.717, 1.165) is 12.8 Å². The van der Waals surface area contributed by atoms with E-state index in [0.29, 0.717) is 36.4 Å². The zero-order valence-electron chi connectivity index (χ0n) is 14.3. The number of hydrogen-bond acceptors (Lipinski definition) is 4. The lowest BCUT2D eigenvalue weighted by atomic mass is 9.95. The molecular formula is C17H26N4O2. The number of aryl methyl sites for hydroxylation is 1. The van der Waals surface area contributed by atoms with Crippen LogP contribution in [-0.4, -0.2) is 39.9 Å². The molecule has 2 heterocycles. The summed E-state index contributed by atoms with van der Waals surface area (Å²) in [5.74, 6) is 1.26. The van der Waals surface area contributed by atoms with Crippen LogP contribution in [0, 0.1) is 18.8 Å². The van der Waals surface area contributed by atoms with Crippen molar-refractivity contribution in [1.29, 1.82) is 0 Å².